The van der Waals surface area contributed by atoms with Crippen molar-refractivity contribution < 1.29 is 72.0 Å². The van der Waals surface area contributed by atoms with Crippen molar-refractivity contribution in [3.8, 4) is 0 Å². The van der Waals surface area contributed by atoms with E-state index in [1.54, 1.807) is 13.8 Å². The summed E-state index contributed by atoms with van der Waals surface area (Å²) in [5, 5.41) is 50.6. The summed E-state index contributed by atoms with van der Waals surface area (Å²) < 4.78 is 54.8. The second-order valence-corrected chi connectivity index (χ2v) is 12.4. The van der Waals surface area contributed by atoms with Crippen LogP contribution in [0, 0.1) is 5.92 Å². The first kappa shape index (κ1) is 33.1. The molecular formula is C19H32N2O17P2. The summed E-state index contributed by atoms with van der Waals surface area (Å²) >= 11 is 0. The van der Waals surface area contributed by atoms with Crippen LogP contribution in [0.2, 0.25) is 0 Å². The van der Waals surface area contributed by atoms with Gasteiger partial charge in [-0.2, -0.15) is 4.31 Å². The van der Waals surface area contributed by atoms with Crippen molar-refractivity contribution in [1.29, 1.82) is 0 Å². The monoisotopic (exact) mass is 622 g/mol. The number of ether oxygens (including phenoxy) is 3. The first-order valence-electron chi connectivity index (χ1n) is 11.8. The van der Waals surface area contributed by atoms with Gasteiger partial charge in [-0.25, -0.2) is 13.9 Å². The van der Waals surface area contributed by atoms with Crippen molar-refractivity contribution in [3.63, 3.8) is 0 Å². The van der Waals surface area contributed by atoms with Crippen LogP contribution in [0.15, 0.2) is 21.9 Å². The zero-order valence-corrected chi connectivity index (χ0v) is 22.9. The second kappa shape index (κ2) is 13.3. The summed E-state index contributed by atoms with van der Waals surface area (Å²) in [5.41, 5.74) is -1.73. The molecule has 230 valence electrons. The molecule has 1 aromatic heterocycles. The summed E-state index contributed by atoms with van der Waals surface area (Å²) in [5.74, 6) is -0.0460. The van der Waals surface area contributed by atoms with Crippen molar-refractivity contribution >= 4 is 15.6 Å². The number of nitrogens with zero attached hydrogens (tertiary/aromatic N) is 1. The summed E-state index contributed by atoms with van der Waals surface area (Å²) in [6, 6.07) is 0.942. The standard InChI is InChI=1S/C19H32N2O17P2/c1-8(2)6-33-16-13(25)9(5-22)36-18(15(16)27)37-40(31,32)38-39(29,30)34-7-10-12(24)14(26)17(35-10)21-4-3-11(23)20-19(21)28/h3-4,8-10,12-18,22,24-27H,5-7H2,1-2H3,(H,29,30)(H,31,32)(H,20,23,28)/t9-,10-,12-,13-,14-,15-,16+,17-,18-/m1/s1. The Morgan fingerprint density at radius 1 is 1.00 bits per heavy atom. The number of aromatic nitrogens is 2. The Kier molecular flexibility index (Phi) is 11.0. The van der Waals surface area contributed by atoms with Gasteiger partial charge in [-0.3, -0.25) is 23.4 Å². The summed E-state index contributed by atoms with van der Waals surface area (Å²) in [6.45, 7) is 1.76. The molecule has 0 spiro atoms. The van der Waals surface area contributed by atoms with Crippen molar-refractivity contribution in [2.24, 2.45) is 5.92 Å². The lowest BCUT2D eigenvalue weighted by Gasteiger charge is -2.41. The number of H-pyrrole nitrogens is 1. The van der Waals surface area contributed by atoms with Crippen LogP contribution in [0.4, 0.5) is 0 Å². The lowest BCUT2D eigenvalue weighted by atomic mass is 9.99. The number of hydrogen-bond donors (Lipinski definition) is 8. The third kappa shape index (κ3) is 8.13. The van der Waals surface area contributed by atoms with E-state index in [0.717, 1.165) is 16.8 Å². The third-order valence-corrected chi connectivity index (χ3v) is 8.35. The molecule has 8 N–H and O–H groups in total. The maximum absolute atomic E-state index is 12.5. The highest BCUT2D eigenvalue weighted by Crippen LogP contribution is 2.61. The van der Waals surface area contributed by atoms with E-state index < -0.39 is 95.4 Å². The van der Waals surface area contributed by atoms with Gasteiger partial charge in [-0.1, -0.05) is 13.8 Å². The molecule has 11 atom stereocenters. The smallest absolute Gasteiger partial charge is 0.394 e. The van der Waals surface area contributed by atoms with E-state index in [1.165, 1.54) is 0 Å². The maximum atomic E-state index is 12.5. The zero-order chi connectivity index (χ0) is 30.0. The molecule has 0 bridgehead atoms. The first-order valence-corrected chi connectivity index (χ1v) is 14.8. The quantitative estimate of drug-likeness (QED) is 0.107. The van der Waals surface area contributed by atoms with Gasteiger partial charge >= 0.3 is 21.3 Å². The van der Waals surface area contributed by atoms with E-state index >= 15 is 0 Å². The van der Waals surface area contributed by atoms with Gasteiger partial charge in [0.15, 0.2) is 12.5 Å². The van der Waals surface area contributed by atoms with E-state index in [2.05, 4.69) is 13.4 Å². The topological polar surface area (TPSA) is 286 Å². The number of rotatable bonds is 12. The van der Waals surface area contributed by atoms with Crippen molar-refractivity contribution in [2.45, 2.75) is 69.1 Å². The Morgan fingerprint density at radius 2 is 1.68 bits per heavy atom. The first-order chi connectivity index (χ1) is 18.5. The number of aliphatic hydroxyl groups excluding tert-OH is 5. The number of nitrogens with one attached hydrogen (secondary N) is 1. The third-order valence-electron chi connectivity index (χ3n) is 5.75. The van der Waals surface area contributed by atoms with Crippen LogP contribution >= 0.6 is 15.6 Å². The summed E-state index contributed by atoms with van der Waals surface area (Å²) in [7, 11) is -11.1. The lowest BCUT2D eigenvalue weighted by Crippen LogP contribution is -2.60. The molecule has 3 heterocycles. The molecule has 0 amide bonds. The fourth-order valence-corrected chi connectivity index (χ4v) is 6.00. The second-order valence-electron chi connectivity index (χ2n) is 9.38. The van der Waals surface area contributed by atoms with E-state index in [9.17, 15) is 54.0 Å². The highest BCUT2D eigenvalue weighted by atomic mass is 31.3. The molecule has 0 radical (unpaired) electrons. The predicted molar refractivity (Wildman–Crippen MR) is 127 cm³/mol. The average Bonchev–Trinajstić information content (AvgIpc) is 3.12. The van der Waals surface area contributed by atoms with Gasteiger partial charge in [0.05, 0.1) is 13.2 Å². The van der Waals surface area contributed by atoms with E-state index in [-0.39, 0.29) is 12.5 Å². The Bertz CT molecular complexity index is 1210. The van der Waals surface area contributed by atoms with Gasteiger partial charge in [0.2, 0.25) is 0 Å². The molecule has 40 heavy (non-hydrogen) atoms. The van der Waals surface area contributed by atoms with Crippen LogP contribution in [0.5, 0.6) is 0 Å². The van der Waals surface area contributed by atoms with E-state index in [1.807, 2.05) is 4.98 Å². The summed E-state index contributed by atoms with van der Waals surface area (Å²) in [6.07, 6.45) is -14.1. The van der Waals surface area contributed by atoms with Crippen LogP contribution in [-0.4, -0.2) is 114 Å². The molecule has 2 aliphatic rings. The zero-order valence-electron chi connectivity index (χ0n) is 21.1. The van der Waals surface area contributed by atoms with E-state index in [4.69, 9.17) is 14.2 Å². The molecular weight excluding hydrogens is 590 g/mol. The van der Waals surface area contributed by atoms with Crippen LogP contribution < -0.4 is 11.2 Å². The fraction of sp³-hybridized carbons (Fsp3) is 0.789. The number of hydrogen-bond acceptors (Lipinski definition) is 15. The van der Waals surface area contributed by atoms with Gasteiger partial charge in [0.1, 0.15) is 42.7 Å². The average molecular weight is 622 g/mol. The molecule has 2 saturated heterocycles. The minimum Gasteiger partial charge on any atom is -0.394 e. The number of phosphoric acid groups is 2. The Balaban J connectivity index is 1.62. The molecule has 2 unspecified atom stereocenters. The van der Waals surface area contributed by atoms with E-state index in [0.29, 0.717) is 0 Å². The van der Waals surface area contributed by atoms with Crippen LogP contribution in [0.25, 0.3) is 0 Å². The van der Waals surface area contributed by atoms with Gasteiger partial charge in [0.25, 0.3) is 5.56 Å². The molecule has 2 fully saturated rings. The molecule has 1 aromatic rings. The van der Waals surface area contributed by atoms with Gasteiger partial charge in [-0.05, 0) is 5.92 Å². The Morgan fingerprint density at radius 3 is 2.27 bits per heavy atom. The molecule has 0 saturated carbocycles. The largest absolute Gasteiger partial charge is 0.483 e. The number of aromatic amines is 1. The lowest BCUT2D eigenvalue weighted by molar-refractivity contribution is -0.289. The van der Waals surface area contributed by atoms with Crippen LogP contribution in [-0.2, 0) is 36.7 Å². The normalized spacial score (nSPS) is 35.9. The highest BCUT2D eigenvalue weighted by Gasteiger charge is 2.50. The summed E-state index contributed by atoms with van der Waals surface area (Å²) in [4.78, 5) is 45.1. The van der Waals surface area contributed by atoms with Gasteiger partial charge in [0, 0.05) is 18.9 Å². The molecule has 2 aliphatic heterocycles. The van der Waals surface area contributed by atoms with Crippen molar-refractivity contribution in [2.75, 3.05) is 19.8 Å². The predicted octanol–water partition coefficient (Wildman–Crippen LogP) is -3.11. The Labute approximate surface area is 225 Å². The molecule has 3 rings (SSSR count). The molecule has 0 aromatic carbocycles. The molecule has 21 heteroatoms. The maximum Gasteiger partial charge on any atom is 0.483 e. The number of phosphoric ester groups is 2. The fourth-order valence-electron chi connectivity index (χ4n) is 3.84. The van der Waals surface area contributed by atoms with Crippen molar-refractivity contribution in [1.82, 2.24) is 9.55 Å². The SMILES string of the molecule is CC(C)CO[C@@H]1[C@@H](O)[C@@H](OP(=O)(O)OP(=O)(O)OC[C@H]2O[C@@H](n3ccc(=O)[nH]c3=O)[C@H](O)[C@@H]2O)O[C@H](CO)[C@H]1O. The molecule has 19 nitrogen and oxygen atoms in total. The van der Waals surface area contributed by atoms with Crippen LogP contribution in [0.3, 0.4) is 0 Å². The van der Waals surface area contributed by atoms with Crippen molar-refractivity contribution in [3.05, 3.63) is 33.1 Å². The number of aliphatic hydroxyl groups is 5. The van der Waals surface area contributed by atoms with Gasteiger partial charge in [-0.15, -0.1) is 0 Å². The van der Waals surface area contributed by atoms with Gasteiger partial charge < -0.3 is 49.5 Å². The molecule has 0 aliphatic carbocycles. The minimum atomic E-state index is -5.57. The minimum absolute atomic E-state index is 0.0398. The Hall–Kier alpha value is -1.38. The highest BCUT2D eigenvalue weighted by molar-refractivity contribution is 7.61. The van der Waals surface area contributed by atoms with Crippen LogP contribution in [0.1, 0.15) is 20.1 Å².